The topological polar surface area (TPSA) is 49.6 Å². The Labute approximate surface area is 107 Å². The average molecular weight is 237 g/mol. The average Bonchev–Trinajstić information content (AvgIpc) is 2.38. The van der Waals surface area contributed by atoms with Crippen LogP contribution in [0.15, 0.2) is 24.5 Å². The molecule has 0 radical (unpaired) electrons. The zero-order valence-electron chi connectivity index (χ0n) is 10.9. The highest BCUT2D eigenvalue weighted by Crippen LogP contribution is 2.28. The molecule has 2 rings (SSSR count). The van der Waals surface area contributed by atoms with Gasteiger partial charge in [0, 0.05) is 18.0 Å². The van der Waals surface area contributed by atoms with Gasteiger partial charge >= 0.3 is 0 Å². The number of nitriles is 1. The summed E-state index contributed by atoms with van der Waals surface area (Å²) in [4.78, 5) is 8.08. The number of aromatic nitrogens is 2. The third-order valence-electron chi connectivity index (χ3n) is 2.98. The highest BCUT2D eigenvalue weighted by atomic mass is 14.9. The van der Waals surface area contributed by atoms with E-state index in [9.17, 15) is 0 Å². The number of nitrogens with zero attached hydrogens (tertiary/aromatic N) is 3. The largest absolute Gasteiger partial charge is 0.232 e. The maximum atomic E-state index is 8.72. The van der Waals surface area contributed by atoms with Crippen LogP contribution in [-0.2, 0) is 6.42 Å². The fourth-order valence-corrected chi connectivity index (χ4v) is 2.26. The summed E-state index contributed by atoms with van der Waals surface area (Å²) < 4.78 is 0. The van der Waals surface area contributed by atoms with Crippen LogP contribution < -0.4 is 0 Å². The molecule has 0 fully saturated rings. The number of benzene rings is 1. The molecule has 18 heavy (non-hydrogen) atoms. The van der Waals surface area contributed by atoms with Gasteiger partial charge in [0.2, 0.25) is 5.82 Å². The van der Waals surface area contributed by atoms with Crippen LogP contribution in [-0.4, -0.2) is 9.97 Å². The molecule has 2 aromatic rings. The molecular weight excluding hydrogens is 222 g/mol. The van der Waals surface area contributed by atoms with Crippen molar-refractivity contribution in [2.45, 2.75) is 27.2 Å². The van der Waals surface area contributed by atoms with Gasteiger partial charge in [0.25, 0.3) is 0 Å². The molecule has 3 heteroatoms. The van der Waals surface area contributed by atoms with Gasteiger partial charge in [-0.1, -0.05) is 24.6 Å². The van der Waals surface area contributed by atoms with E-state index in [2.05, 4.69) is 42.9 Å². The molecule has 0 amide bonds. The van der Waals surface area contributed by atoms with Crippen molar-refractivity contribution in [3.8, 4) is 17.2 Å². The van der Waals surface area contributed by atoms with Crippen molar-refractivity contribution in [1.82, 2.24) is 9.97 Å². The van der Waals surface area contributed by atoms with E-state index in [1.807, 2.05) is 6.07 Å². The van der Waals surface area contributed by atoms with Crippen molar-refractivity contribution >= 4 is 0 Å². The highest BCUT2D eigenvalue weighted by Gasteiger charge is 2.09. The minimum absolute atomic E-state index is 0.210. The molecule has 0 aliphatic carbocycles. The van der Waals surface area contributed by atoms with E-state index in [0.717, 1.165) is 12.0 Å². The second-order valence-corrected chi connectivity index (χ2v) is 4.38. The third-order valence-corrected chi connectivity index (χ3v) is 2.98. The molecule has 0 saturated carbocycles. The van der Waals surface area contributed by atoms with Crippen LogP contribution in [0.4, 0.5) is 0 Å². The fourth-order valence-electron chi connectivity index (χ4n) is 2.26. The number of hydrogen-bond donors (Lipinski definition) is 0. The lowest BCUT2D eigenvalue weighted by molar-refractivity contribution is 1.09. The van der Waals surface area contributed by atoms with Crippen LogP contribution in [0.1, 0.15) is 29.4 Å². The Bertz CT molecular complexity index is 607. The van der Waals surface area contributed by atoms with Gasteiger partial charge in [-0.3, -0.25) is 0 Å². The Morgan fingerprint density at radius 1 is 1.17 bits per heavy atom. The van der Waals surface area contributed by atoms with Gasteiger partial charge in [-0.15, -0.1) is 0 Å². The molecule has 0 saturated heterocycles. The minimum Gasteiger partial charge on any atom is -0.227 e. The summed E-state index contributed by atoms with van der Waals surface area (Å²) in [5.74, 6) is 0.210. The Kier molecular flexibility index (Phi) is 3.38. The molecule has 90 valence electrons. The maximum absolute atomic E-state index is 8.72. The smallest absolute Gasteiger partial charge is 0.227 e. The van der Waals surface area contributed by atoms with Gasteiger partial charge in [-0.05, 0) is 37.0 Å². The maximum Gasteiger partial charge on any atom is 0.232 e. The first-order valence-electron chi connectivity index (χ1n) is 5.98. The van der Waals surface area contributed by atoms with E-state index in [0.29, 0.717) is 0 Å². The summed E-state index contributed by atoms with van der Waals surface area (Å²) in [6, 6.07) is 6.29. The Morgan fingerprint density at radius 3 is 2.39 bits per heavy atom. The van der Waals surface area contributed by atoms with Crippen LogP contribution in [0, 0.1) is 25.2 Å². The molecule has 0 unspecified atom stereocenters. The highest BCUT2D eigenvalue weighted by molar-refractivity contribution is 5.70. The van der Waals surface area contributed by atoms with Gasteiger partial charge < -0.3 is 0 Å². The van der Waals surface area contributed by atoms with Gasteiger partial charge in [0.1, 0.15) is 6.07 Å². The van der Waals surface area contributed by atoms with E-state index in [-0.39, 0.29) is 5.82 Å². The standard InChI is InChI=1S/C15H15N3/c1-4-12-6-10(2)5-11(3)15(12)13-8-17-14(7-16)18-9-13/h5-6,8-9H,4H2,1-3H3. The SMILES string of the molecule is CCc1cc(C)cc(C)c1-c1cnc(C#N)nc1. The number of aryl methyl sites for hydroxylation is 3. The van der Waals surface area contributed by atoms with Gasteiger partial charge in [0.05, 0.1) is 0 Å². The summed E-state index contributed by atoms with van der Waals surface area (Å²) >= 11 is 0. The molecule has 1 aromatic carbocycles. The van der Waals surface area contributed by atoms with Crippen LogP contribution >= 0.6 is 0 Å². The van der Waals surface area contributed by atoms with E-state index >= 15 is 0 Å². The Hall–Kier alpha value is -2.21. The van der Waals surface area contributed by atoms with E-state index in [1.54, 1.807) is 12.4 Å². The van der Waals surface area contributed by atoms with Crippen molar-refractivity contribution < 1.29 is 0 Å². The molecule has 1 heterocycles. The van der Waals surface area contributed by atoms with Crippen molar-refractivity contribution in [2.24, 2.45) is 0 Å². The zero-order valence-corrected chi connectivity index (χ0v) is 10.9. The first-order chi connectivity index (χ1) is 8.65. The first kappa shape index (κ1) is 12.3. The van der Waals surface area contributed by atoms with E-state index < -0.39 is 0 Å². The molecular formula is C15H15N3. The molecule has 0 bridgehead atoms. The normalized spacial score (nSPS) is 10.1. The molecule has 1 aromatic heterocycles. The lowest BCUT2D eigenvalue weighted by Crippen LogP contribution is -1.96. The van der Waals surface area contributed by atoms with Crippen molar-refractivity contribution in [3.63, 3.8) is 0 Å². The predicted octanol–water partition coefficient (Wildman–Crippen LogP) is 3.19. The molecule has 0 aliphatic rings. The number of hydrogen-bond acceptors (Lipinski definition) is 3. The van der Waals surface area contributed by atoms with Crippen molar-refractivity contribution in [3.05, 3.63) is 47.0 Å². The minimum atomic E-state index is 0.210. The van der Waals surface area contributed by atoms with Crippen LogP contribution in [0.2, 0.25) is 0 Å². The monoisotopic (exact) mass is 237 g/mol. The molecule has 0 aliphatic heterocycles. The summed E-state index contributed by atoms with van der Waals surface area (Å²) in [5.41, 5.74) is 5.94. The van der Waals surface area contributed by atoms with E-state index in [1.165, 1.54) is 22.3 Å². The van der Waals surface area contributed by atoms with Crippen LogP contribution in [0.3, 0.4) is 0 Å². The van der Waals surface area contributed by atoms with Gasteiger partial charge in [0.15, 0.2) is 0 Å². The Morgan fingerprint density at radius 2 is 1.83 bits per heavy atom. The van der Waals surface area contributed by atoms with Gasteiger partial charge in [-0.2, -0.15) is 5.26 Å². The van der Waals surface area contributed by atoms with Crippen LogP contribution in [0.5, 0.6) is 0 Å². The van der Waals surface area contributed by atoms with Crippen molar-refractivity contribution in [1.29, 1.82) is 5.26 Å². The summed E-state index contributed by atoms with van der Waals surface area (Å²) in [6.45, 7) is 6.34. The second kappa shape index (κ2) is 4.97. The lowest BCUT2D eigenvalue weighted by Gasteiger charge is -2.12. The van der Waals surface area contributed by atoms with Gasteiger partial charge in [-0.25, -0.2) is 9.97 Å². The van der Waals surface area contributed by atoms with E-state index in [4.69, 9.17) is 5.26 Å². The molecule has 3 nitrogen and oxygen atoms in total. The Balaban J connectivity index is 2.59. The summed E-state index contributed by atoms with van der Waals surface area (Å²) in [5, 5.41) is 8.72. The van der Waals surface area contributed by atoms with Crippen LogP contribution in [0.25, 0.3) is 11.1 Å². The molecule has 0 N–H and O–H groups in total. The molecule has 0 spiro atoms. The first-order valence-corrected chi connectivity index (χ1v) is 5.98. The predicted molar refractivity (Wildman–Crippen MR) is 71.0 cm³/mol. The third kappa shape index (κ3) is 2.23. The molecule has 0 atom stereocenters. The second-order valence-electron chi connectivity index (χ2n) is 4.38. The zero-order chi connectivity index (χ0) is 13.1. The summed E-state index contributed by atoms with van der Waals surface area (Å²) in [7, 11) is 0. The summed E-state index contributed by atoms with van der Waals surface area (Å²) in [6.07, 6.45) is 4.42. The fraction of sp³-hybridized carbons (Fsp3) is 0.267. The quantitative estimate of drug-likeness (QED) is 0.806. The lowest BCUT2D eigenvalue weighted by atomic mass is 9.93. The van der Waals surface area contributed by atoms with Crippen molar-refractivity contribution in [2.75, 3.05) is 0 Å². The number of rotatable bonds is 2.